The molecule has 0 N–H and O–H groups in total. The molecular formula is C32H28N2O4. The Kier molecular flexibility index (Phi) is 6.08. The molecule has 0 radical (unpaired) electrons. The Morgan fingerprint density at radius 2 is 0.921 bits per heavy atom. The summed E-state index contributed by atoms with van der Waals surface area (Å²) in [6, 6.07) is 26.5. The van der Waals surface area contributed by atoms with E-state index in [1.54, 1.807) is 0 Å². The van der Waals surface area contributed by atoms with Crippen molar-refractivity contribution in [2.75, 3.05) is 13.2 Å². The molecule has 4 aromatic carbocycles. The van der Waals surface area contributed by atoms with Crippen molar-refractivity contribution in [1.29, 1.82) is 0 Å². The minimum absolute atomic E-state index is 0.0183. The number of rotatable bonds is 7. The van der Waals surface area contributed by atoms with Gasteiger partial charge >= 0.3 is 0 Å². The average molecular weight is 505 g/mol. The van der Waals surface area contributed by atoms with Gasteiger partial charge in [0.2, 0.25) is 0 Å². The zero-order chi connectivity index (χ0) is 26.2. The van der Waals surface area contributed by atoms with E-state index >= 15 is 0 Å². The SMILES string of the molecule is Cn1c2ccccc2c(=O)c2cccc(OCCCCOc3cccc4c(=O)c5ccccc5n(C)c34)c21. The maximum atomic E-state index is 13.0. The van der Waals surface area contributed by atoms with Gasteiger partial charge in [-0.05, 0) is 61.4 Å². The zero-order valence-corrected chi connectivity index (χ0v) is 21.4. The third-order valence-electron chi connectivity index (χ3n) is 7.23. The number of ether oxygens (including phenoxy) is 2. The number of para-hydroxylation sites is 4. The fourth-order valence-electron chi connectivity index (χ4n) is 5.35. The van der Waals surface area contributed by atoms with Gasteiger partial charge in [0.05, 0.1) is 46.1 Å². The van der Waals surface area contributed by atoms with Crippen molar-refractivity contribution in [1.82, 2.24) is 9.13 Å². The van der Waals surface area contributed by atoms with Crippen molar-refractivity contribution >= 4 is 43.6 Å². The molecule has 0 saturated heterocycles. The topological polar surface area (TPSA) is 62.5 Å². The predicted molar refractivity (Wildman–Crippen MR) is 154 cm³/mol. The summed E-state index contributed by atoms with van der Waals surface area (Å²) in [6.45, 7) is 1.00. The molecule has 0 spiro atoms. The Hall–Kier alpha value is -4.58. The zero-order valence-electron chi connectivity index (χ0n) is 21.4. The summed E-state index contributed by atoms with van der Waals surface area (Å²) in [5.41, 5.74) is 3.40. The number of benzene rings is 4. The molecule has 6 rings (SSSR count). The molecule has 0 unspecified atom stereocenters. The number of pyridine rings is 2. The van der Waals surface area contributed by atoms with E-state index in [4.69, 9.17) is 9.47 Å². The number of aromatic nitrogens is 2. The van der Waals surface area contributed by atoms with Crippen LogP contribution in [0.5, 0.6) is 11.5 Å². The van der Waals surface area contributed by atoms with Gasteiger partial charge in [-0.25, -0.2) is 0 Å². The third-order valence-corrected chi connectivity index (χ3v) is 7.23. The van der Waals surface area contributed by atoms with Crippen molar-refractivity contribution < 1.29 is 9.47 Å². The fourth-order valence-corrected chi connectivity index (χ4v) is 5.35. The van der Waals surface area contributed by atoms with Crippen molar-refractivity contribution in [2.24, 2.45) is 14.1 Å². The van der Waals surface area contributed by atoms with Crippen molar-refractivity contribution in [2.45, 2.75) is 12.8 Å². The van der Waals surface area contributed by atoms with E-state index in [0.717, 1.165) is 34.9 Å². The maximum Gasteiger partial charge on any atom is 0.197 e. The van der Waals surface area contributed by atoms with Crippen LogP contribution in [0.1, 0.15) is 12.8 Å². The molecule has 190 valence electrons. The summed E-state index contributed by atoms with van der Waals surface area (Å²) in [5, 5.41) is 2.72. The van der Waals surface area contributed by atoms with Crippen LogP contribution >= 0.6 is 0 Å². The monoisotopic (exact) mass is 504 g/mol. The van der Waals surface area contributed by atoms with E-state index in [1.807, 2.05) is 108 Å². The van der Waals surface area contributed by atoms with Crippen LogP contribution in [0.15, 0.2) is 94.5 Å². The number of aryl methyl sites for hydroxylation is 2. The lowest BCUT2D eigenvalue weighted by atomic mass is 10.1. The molecule has 0 aliphatic rings. The van der Waals surface area contributed by atoms with Gasteiger partial charge in [0.1, 0.15) is 11.5 Å². The highest BCUT2D eigenvalue weighted by molar-refractivity contribution is 5.97. The molecule has 0 fully saturated rings. The van der Waals surface area contributed by atoms with E-state index in [2.05, 4.69) is 0 Å². The number of nitrogens with zero attached hydrogens (tertiary/aromatic N) is 2. The summed E-state index contributed by atoms with van der Waals surface area (Å²) in [5.74, 6) is 1.40. The molecule has 2 heterocycles. The summed E-state index contributed by atoms with van der Waals surface area (Å²) in [7, 11) is 3.93. The highest BCUT2D eigenvalue weighted by Crippen LogP contribution is 2.28. The van der Waals surface area contributed by atoms with Crippen molar-refractivity contribution in [3.63, 3.8) is 0 Å². The first kappa shape index (κ1) is 23.8. The Morgan fingerprint density at radius 1 is 0.526 bits per heavy atom. The Morgan fingerprint density at radius 3 is 1.37 bits per heavy atom. The first-order chi connectivity index (χ1) is 18.6. The third kappa shape index (κ3) is 3.89. The van der Waals surface area contributed by atoms with Gasteiger partial charge in [-0.2, -0.15) is 0 Å². The number of fused-ring (bicyclic) bond motifs is 4. The molecule has 6 nitrogen and oxygen atoms in total. The van der Waals surface area contributed by atoms with Crippen LogP contribution in [0.25, 0.3) is 43.6 Å². The van der Waals surface area contributed by atoms with Gasteiger partial charge in [-0.15, -0.1) is 0 Å². The van der Waals surface area contributed by atoms with Gasteiger partial charge < -0.3 is 18.6 Å². The van der Waals surface area contributed by atoms with Crippen molar-refractivity contribution in [3.8, 4) is 11.5 Å². The van der Waals surface area contributed by atoms with E-state index in [1.165, 1.54) is 0 Å². The van der Waals surface area contributed by atoms with E-state index in [9.17, 15) is 9.59 Å². The van der Waals surface area contributed by atoms with Crippen LogP contribution in [0, 0.1) is 0 Å². The summed E-state index contributed by atoms with van der Waals surface area (Å²) in [6.07, 6.45) is 1.56. The van der Waals surface area contributed by atoms with Gasteiger partial charge in [-0.1, -0.05) is 36.4 Å². The van der Waals surface area contributed by atoms with Crippen LogP contribution in [0.3, 0.4) is 0 Å². The molecule has 0 aliphatic heterocycles. The van der Waals surface area contributed by atoms with Crippen LogP contribution in [0.2, 0.25) is 0 Å². The predicted octanol–water partition coefficient (Wildman–Crippen LogP) is 5.93. The van der Waals surface area contributed by atoms with Gasteiger partial charge in [0.15, 0.2) is 10.9 Å². The smallest absolute Gasteiger partial charge is 0.197 e. The standard InChI is InChI=1S/C32H28N2O4/c1-33-25-15-5-3-11-21(25)31(35)23-13-9-17-27(29(23)33)37-19-7-8-20-38-28-18-10-14-24-30(28)34(2)26-16-6-4-12-22(26)32(24)36/h3-6,9-18H,7-8,19-20H2,1-2H3. The Balaban J connectivity index is 1.16. The molecule has 0 bridgehead atoms. The molecule has 38 heavy (non-hydrogen) atoms. The van der Waals surface area contributed by atoms with Crippen LogP contribution < -0.4 is 20.3 Å². The molecule has 0 saturated carbocycles. The maximum absolute atomic E-state index is 13.0. The van der Waals surface area contributed by atoms with E-state index in [0.29, 0.717) is 46.3 Å². The second-order valence-corrected chi connectivity index (χ2v) is 9.52. The minimum Gasteiger partial charge on any atom is -0.491 e. The first-order valence-electron chi connectivity index (χ1n) is 12.8. The van der Waals surface area contributed by atoms with Crippen LogP contribution in [-0.2, 0) is 14.1 Å². The molecule has 0 atom stereocenters. The molecular weight excluding hydrogens is 476 g/mol. The highest BCUT2D eigenvalue weighted by Gasteiger charge is 2.14. The van der Waals surface area contributed by atoms with Gasteiger partial charge in [0, 0.05) is 24.9 Å². The lowest BCUT2D eigenvalue weighted by molar-refractivity contribution is 0.268. The Bertz CT molecular complexity index is 1810. The second kappa shape index (κ2) is 9.71. The average Bonchev–Trinajstić information content (AvgIpc) is 2.96. The van der Waals surface area contributed by atoms with Crippen LogP contribution in [0.4, 0.5) is 0 Å². The summed E-state index contributed by atoms with van der Waals surface area (Å²) in [4.78, 5) is 26.1. The van der Waals surface area contributed by atoms with Gasteiger partial charge in [-0.3, -0.25) is 9.59 Å². The van der Waals surface area contributed by atoms with Gasteiger partial charge in [0.25, 0.3) is 0 Å². The van der Waals surface area contributed by atoms with E-state index in [-0.39, 0.29) is 10.9 Å². The Labute approximate surface area is 219 Å². The molecule has 6 aromatic rings. The minimum atomic E-state index is 0.0183. The molecule has 2 aromatic heterocycles. The summed E-state index contributed by atoms with van der Waals surface area (Å²) >= 11 is 0. The lowest BCUT2D eigenvalue weighted by Crippen LogP contribution is -2.11. The van der Waals surface area contributed by atoms with E-state index < -0.39 is 0 Å². The van der Waals surface area contributed by atoms with Crippen molar-refractivity contribution in [3.05, 3.63) is 105 Å². The van der Waals surface area contributed by atoms with Crippen LogP contribution in [-0.4, -0.2) is 22.3 Å². The number of hydrogen-bond donors (Lipinski definition) is 0. The largest absolute Gasteiger partial charge is 0.491 e. The fraction of sp³-hybridized carbons (Fsp3) is 0.188. The number of hydrogen-bond acceptors (Lipinski definition) is 4. The summed E-state index contributed by atoms with van der Waals surface area (Å²) < 4.78 is 16.4. The normalized spacial score (nSPS) is 11.5. The highest BCUT2D eigenvalue weighted by atomic mass is 16.5. The molecule has 0 aliphatic carbocycles. The number of unbranched alkanes of at least 4 members (excludes halogenated alkanes) is 1. The first-order valence-corrected chi connectivity index (χ1v) is 12.8. The lowest BCUT2D eigenvalue weighted by Gasteiger charge is -2.16. The molecule has 6 heteroatoms. The second-order valence-electron chi connectivity index (χ2n) is 9.52. The quantitative estimate of drug-likeness (QED) is 0.200. The molecule has 0 amide bonds.